The second-order valence-corrected chi connectivity index (χ2v) is 2.11. The van der Waals surface area contributed by atoms with E-state index in [9.17, 15) is 0 Å². The van der Waals surface area contributed by atoms with Crippen LogP contribution in [0.5, 0.6) is 0 Å². The van der Waals surface area contributed by atoms with Crippen LogP contribution in [0.3, 0.4) is 0 Å². The Morgan fingerprint density at radius 3 is 2.75 bits per heavy atom. The summed E-state index contributed by atoms with van der Waals surface area (Å²) in [5.41, 5.74) is 2.74. The van der Waals surface area contributed by atoms with Gasteiger partial charge in [0.25, 0.3) is 0 Å². The Labute approximate surface area is 48.4 Å². The Balaban J connectivity index is 2.62. The van der Waals surface area contributed by atoms with Gasteiger partial charge in [-0.15, -0.1) is 0 Å². The molecule has 0 N–H and O–H groups in total. The summed E-state index contributed by atoms with van der Waals surface area (Å²) in [5.74, 6) is 0. The fourth-order valence-corrected chi connectivity index (χ4v) is 1.00. The number of aryl methyl sites for hydroxylation is 2. The maximum absolute atomic E-state index is 4.17. The van der Waals surface area contributed by atoms with Gasteiger partial charge in [-0.1, -0.05) is 6.07 Å². The molecule has 0 atom stereocenters. The topological polar surface area (TPSA) is 12.9 Å². The second-order valence-electron chi connectivity index (χ2n) is 2.11. The molecule has 1 aliphatic carbocycles. The van der Waals surface area contributed by atoms with Crippen LogP contribution in [0.15, 0.2) is 18.3 Å². The van der Waals surface area contributed by atoms with Gasteiger partial charge in [0.05, 0.1) is 0 Å². The molecule has 0 aliphatic heterocycles. The molecule has 0 radical (unpaired) electrons. The molecule has 1 heteroatoms. The van der Waals surface area contributed by atoms with E-state index in [0.29, 0.717) is 0 Å². The van der Waals surface area contributed by atoms with Crippen LogP contribution in [0.1, 0.15) is 11.3 Å². The van der Waals surface area contributed by atoms with Crippen molar-refractivity contribution in [3.8, 4) is 0 Å². The molecule has 0 amide bonds. The van der Waals surface area contributed by atoms with Crippen LogP contribution in [0, 0.1) is 0 Å². The van der Waals surface area contributed by atoms with E-state index in [1.807, 2.05) is 12.3 Å². The molecule has 8 heavy (non-hydrogen) atoms. The number of hydrogen-bond donors (Lipinski definition) is 0. The first-order chi connectivity index (χ1) is 3.97. The number of hydrogen-bond acceptors (Lipinski definition) is 1. The Bertz CT molecular complexity index is 182. The lowest BCUT2D eigenvalue weighted by atomic mass is 9.95. The zero-order valence-electron chi connectivity index (χ0n) is 4.59. The largest absolute Gasteiger partial charge is 0.261 e. The average molecular weight is 105 g/mol. The lowest BCUT2D eigenvalue weighted by Gasteiger charge is -2.14. The minimum absolute atomic E-state index is 1.19. The van der Waals surface area contributed by atoms with E-state index in [2.05, 4.69) is 11.1 Å². The van der Waals surface area contributed by atoms with Crippen LogP contribution >= 0.6 is 0 Å². The standard InChI is InChI=1S/C7H7N/c1-2-6-3-4-7(6)8-5-1/h1-2,5H,3-4H2. The highest BCUT2D eigenvalue weighted by atomic mass is 14.7. The van der Waals surface area contributed by atoms with Crippen LogP contribution < -0.4 is 0 Å². The molecule has 2 rings (SSSR count). The summed E-state index contributed by atoms with van der Waals surface area (Å²) in [4.78, 5) is 4.17. The molecule has 0 unspecified atom stereocenters. The molecule has 0 saturated carbocycles. The summed E-state index contributed by atoms with van der Waals surface area (Å²) in [5, 5.41) is 0. The van der Waals surface area contributed by atoms with E-state index >= 15 is 0 Å². The summed E-state index contributed by atoms with van der Waals surface area (Å²) in [7, 11) is 0. The van der Waals surface area contributed by atoms with Gasteiger partial charge in [0.1, 0.15) is 0 Å². The fourth-order valence-electron chi connectivity index (χ4n) is 1.00. The van der Waals surface area contributed by atoms with Crippen molar-refractivity contribution in [1.82, 2.24) is 4.98 Å². The summed E-state index contributed by atoms with van der Waals surface area (Å²) >= 11 is 0. The maximum Gasteiger partial charge on any atom is 0.0438 e. The minimum atomic E-state index is 1.19. The van der Waals surface area contributed by atoms with E-state index in [-0.39, 0.29) is 0 Å². The van der Waals surface area contributed by atoms with Crippen molar-refractivity contribution in [2.24, 2.45) is 0 Å². The third-order valence-electron chi connectivity index (χ3n) is 1.62. The zero-order chi connectivity index (χ0) is 5.40. The first kappa shape index (κ1) is 4.07. The molecule has 0 saturated heterocycles. The molecular formula is C7H7N. The van der Waals surface area contributed by atoms with Crippen molar-refractivity contribution in [3.63, 3.8) is 0 Å². The van der Waals surface area contributed by atoms with Crippen molar-refractivity contribution >= 4 is 0 Å². The third kappa shape index (κ3) is 0.386. The van der Waals surface area contributed by atoms with Gasteiger partial charge in [-0.3, -0.25) is 4.98 Å². The molecule has 0 spiro atoms. The Morgan fingerprint density at radius 1 is 1.38 bits per heavy atom. The van der Waals surface area contributed by atoms with Gasteiger partial charge in [-0.2, -0.15) is 0 Å². The minimum Gasteiger partial charge on any atom is -0.261 e. The molecule has 1 aromatic rings. The van der Waals surface area contributed by atoms with Crippen LogP contribution in [0.2, 0.25) is 0 Å². The van der Waals surface area contributed by atoms with Crippen molar-refractivity contribution in [2.75, 3.05) is 0 Å². The van der Waals surface area contributed by atoms with Gasteiger partial charge in [-0.25, -0.2) is 0 Å². The lowest BCUT2D eigenvalue weighted by molar-refractivity contribution is 0.789. The van der Waals surface area contributed by atoms with Gasteiger partial charge < -0.3 is 0 Å². The van der Waals surface area contributed by atoms with Crippen LogP contribution in [-0.2, 0) is 12.8 Å². The molecule has 0 fully saturated rings. The maximum atomic E-state index is 4.17. The van der Waals surface area contributed by atoms with Gasteiger partial charge in [0, 0.05) is 11.9 Å². The highest BCUT2D eigenvalue weighted by Gasteiger charge is 2.11. The third-order valence-corrected chi connectivity index (χ3v) is 1.62. The zero-order valence-corrected chi connectivity index (χ0v) is 4.59. The number of rotatable bonds is 0. The summed E-state index contributed by atoms with van der Waals surface area (Å²) in [6.07, 6.45) is 4.29. The van der Waals surface area contributed by atoms with Gasteiger partial charge in [-0.05, 0) is 24.5 Å². The molecule has 1 heterocycles. The molecule has 0 bridgehead atoms. The molecule has 1 aliphatic rings. The molecule has 1 nitrogen and oxygen atoms in total. The van der Waals surface area contributed by atoms with Crippen molar-refractivity contribution < 1.29 is 0 Å². The smallest absolute Gasteiger partial charge is 0.0438 e. The first-order valence-corrected chi connectivity index (χ1v) is 2.89. The van der Waals surface area contributed by atoms with Crippen molar-refractivity contribution in [1.29, 1.82) is 0 Å². The Morgan fingerprint density at radius 2 is 2.38 bits per heavy atom. The van der Waals surface area contributed by atoms with Crippen LogP contribution in [0.4, 0.5) is 0 Å². The predicted octanol–water partition coefficient (Wildman–Crippen LogP) is 1.18. The van der Waals surface area contributed by atoms with E-state index in [4.69, 9.17) is 0 Å². The molecule has 1 aromatic heterocycles. The van der Waals surface area contributed by atoms with E-state index in [1.165, 1.54) is 24.1 Å². The van der Waals surface area contributed by atoms with Crippen LogP contribution in [0.25, 0.3) is 0 Å². The molecule has 40 valence electrons. The van der Waals surface area contributed by atoms with Crippen molar-refractivity contribution in [2.45, 2.75) is 12.8 Å². The first-order valence-electron chi connectivity index (χ1n) is 2.89. The van der Waals surface area contributed by atoms with Gasteiger partial charge in [0.2, 0.25) is 0 Å². The van der Waals surface area contributed by atoms with Crippen LogP contribution in [-0.4, -0.2) is 4.98 Å². The summed E-state index contributed by atoms with van der Waals surface area (Å²) in [6, 6.07) is 4.14. The average Bonchev–Trinajstić information content (AvgIpc) is 1.72. The summed E-state index contributed by atoms with van der Waals surface area (Å²) in [6.45, 7) is 0. The highest BCUT2D eigenvalue weighted by molar-refractivity contribution is 5.28. The Kier molecular flexibility index (Phi) is 0.668. The second kappa shape index (κ2) is 1.31. The number of fused-ring (bicyclic) bond motifs is 1. The molecular weight excluding hydrogens is 98.1 g/mol. The monoisotopic (exact) mass is 105 g/mol. The molecule has 0 aromatic carbocycles. The van der Waals surface area contributed by atoms with Crippen molar-refractivity contribution in [3.05, 3.63) is 29.6 Å². The SMILES string of the molecule is c1cnc2c(c1)CC2. The quantitative estimate of drug-likeness (QED) is 0.482. The Hall–Kier alpha value is -0.850. The number of nitrogens with zero attached hydrogens (tertiary/aromatic N) is 1. The number of pyridine rings is 1. The van der Waals surface area contributed by atoms with E-state index in [1.54, 1.807) is 0 Å². The predicted molar refractivity (Wildman–Crippen MR) is 31.6 cm³/mol. The lowest BCUT2D eigenvalue weighted by Crippen LogP contribution is -2.09. The number of aromatic nitrogens is 1. The fraction of sp³-hybridized carbons (Fsp3) is 0.286. The van der Waals surface area contributed by atoms with Gasteiger partial charge in [0.15, 0.2) is 0 Å². The van der Waals surface area contributed by atoms with E-state index < -0.39 is 0 Å². The summed E-state index contributed by atoms with van der Waals surface area (Å²) < 4.78 is 0. The highest BCUT2D eigenvalue weighted by Crippen LogP contribution is 2.17. The van der Waals surface area contributed by atoms with E-state index in [0.717, 1.165) is 0 Å². The normalized spacial score (nSPS) is 14.5. The van der Waals surface area contributed by atoms with Gasteiger partial charge >= 0.3 is 0 Å².